The molecule has 1 aliphatic rings. The third-order valence-corrected chi connectivity index (χ3v) is 4.89. The van der Waals surface area contributed by atoms with Crippen molar-refractivity contribution in [2.45, 2.75) is 25.8 Å². The molecule has 1 aromatic rings. The molecule has 6 heteroatoms. The van der Waals surface area contributed by atoms with Crippen LogP contribution >= 0.6 is 34.5 Å². The SMILES string of the molecule is CC1CCN(C(=O)c2cc(Cl)sc2Cl)C(CN)C1. The van der Waals surface area contributed by atoms with Crippen molar-refractivity contribution >= 4 is 40.4 Å². The summed E-state index contributed by atoms with van der Waals surface area (Å²) in [6, 6.07) is 1.75. The van der Waals surface area contributed by atoms with Crippen molar-refractivity contribution in [2.75, 3.05) is 13.1 Å². The smallest absolute Gasteiger partial charge is 0.256 e. The average molecular weight is 307 g/mol. The van der Waals surface area contributed by atoms with Gasteiger partial charge >= 0.3 is 0 Å². The molecule has 1 aromatic heterocycles. The van der Waals surface area contributed by atoms with Crippen LogP contribution in [-0.4, -0.2) is 29.9 Å². The highest BCUT2D eigenvalue weighted by atomic mass is 35.5. The minimum atomic E-state index is -0.0505. The van der Waals surface area contributed by atoms with E-state index in [1.807, 2.05) is 4.90 Å². The molecule has 2 atom stereocenters. The van der Waals surface area contributed by atoms with Crippen molar-refractivity contribution < 1.29 is 4.79 Å². The van der Waals surface area contributed by atoms with Gasteiger partial charge in [-0.2, -0.15) is 0 Å². The maximum Gasteiger partial charge on any atom is 0.256 e. The minimum absolute atomic E-state index is 0.0505. The number of carbonyl (C=O) groups is 1. The van der Waals surface area contributed by atoms with Gasteiger partial charge in [-0.15, -0.1) is 11.3 Å². The molecule has 3 nitrogen and oxygen atoms in total. The van der Waals surface area contributed by atoms with Crippen molar-refractivity contribution in [1.82, 2.24) is 4.90 Å². The van der Waals surface area contributed by atoms with Gasteiger partial charge in [0.2, 0.25) is 0 Å². The zero-order chi connectivity index (χ0) is 13.3. The Bertz CT molecular complexity index is 449. The molecule has 1 fully saturated rings. The number of amides is 1. The van der Waals surface area contributed by atoms with Gasteiger partial charge in [0, 0.05) is 19.1 Å². The third-order valence-electron chi connectivity index (χ3n) is 3.40. The molecule has 0 saturated carbocycles. The third kappa shape index (κ3) is 2.82. The molecular weight excluding hydrogens is 291 g/mol. The second-order valence-corrected chi connectivity index (χ2v) is 7.04. The van der Waals surface area contributed by atoms with Crippen LogP contribution in [0.2, 0.25) is 8.67 Å². The van der Waals surface area contributed by atoms with Crippen LogP contribution in [0.25, 0.3) is 0 Å². The molecule has 18 heavy (non-hydrogen) atoms. The van der Waals surface area contributed by atoms with E-state index in [0.29, 0.717) is 26.7 Å². The number of halogens is 2. The minimum Gasteiger partial charge on any atom is -0.334 e. The summed E-state index contributed by atoms with van der Waals surface area (Å²) in [6.45, 7) is 3.43. The Balaban J connectivity index is 2.20. The number of nitrogens with two attached hydrogens (primary N) is 1. The van der Waals surface area contributed by atoms with Crippen molar-refractivity contribution in [3.8, 4) is 0 Å². The lowest BCUT2D eigenvalue weighted by Gasteiger charge is -2.37. The maximum atomic E-state index is 12.4. The van der Waals surface area contributed by atoms with Crippen LogP contribution < -0.4 is 5.73 Å². The zero-order valence-electron chi connectivity index (χ0n) is 10.2. The monoisotopic (exact) mass is 306 g/mol. The van der Waals surface area contributed by atoms with Crippen LogP contribution in [0.3, 0.4) is 0 Å². The molecule has 1 amide bonds. The number of rotatable bonds is 2. The van der Waals surface area contributed by atoms with Crippen molar-refractivity contribution in [2.24, 2.45) is 11.7 Å². The summed E-state index contributed by atoms with van der Waals surface area (Å²) in [7, 11) is 0. The van der Waals surface area contributed by atoms with Crippen LogP contribution in [0.4, 0.5) is 0 Å². The molecule has 0 spiro atoms. The average Bonchev–Trinajstić information content (AvgIpc) is 2.67. The van der Waals surface area contributed by atoms with Gasteiger partial charge in [-0.1, -0.05) is 30.1 Å². The standard InChI is InChI=1S/C12H16Cl2N2OS/c1-7-2-3-16(8(4-7)6-15)12(17)9-5-10(13)18-11(9)14/h5,7-8H,2-4,6,15H2,1H3. The molecule has 2 unspecified atom stereocenters. The second kappa shape index (κ2) is 5.78. The van der Waals surface area contributed by atoms with E-state index >= 15 is 0 Å². The molecule has 0 aromatic carbocycles. The van der Waals surface area contributed by atoms with E-state index in [0.717, 1.165) is 19.4 Å². The topological polar surface area (TPSA) is 46.3 Å². The lowest BCUT2D eigenvalue weighted by atomic mass is 9.92. The van der Waals surface area contributed by atoms with E-state index in [1.54, 1.807) is 6.07 Å². The summed E-state index contributed by atoms with van der Waals surface area (Å²) in [5, 5.41) is 0. The summed E-state index contributed by atoms with van der Waals surface area (Å²) >= 11 is 13.1. The Morgan fingerprint density at radius 3 is 2.89 bits per heavy atom. The number of thiophene rings is 1. The number of hydrogen-bond donors (Lipinski definition) is 1. The highest BCUT2D eigenvalue weighted by Crippen LogP contribution is 2.33. The number of likely N-dealkylation sites (tertiary alicyclic amines) is 1. The number of piperidine rings is 1. The Hall–Kier alpha value is -0.290. The first-order valence-corrected chi connectivity index (χ1v) is 7.56. The normalized spacial score (nSPS) is 24.3. The van der Waals surface area contributed by atoms with Crippen LogP contribution in [0, 0.1) is 5.92 Å². The molecule has 0 bridgehead atoms. The molecule has 2 N–H and O–H groups in total. The van der Waals surface area contributed by atoms with Gasteiger partial charge in [-0.3, -0.25) is 4.79 Å². The van der Waals surface area contributed by atoms with Gasteiger partial charge in [0.05, 0.1) is 9.90 Å². The highest BCUT2D eigenvalue weighted by molar-refractivity contribution is 7.20. The molecule has 2 heterocycles. The predicted molar refractivity (Wildman–Crippen MR) is 76.6 cm³/mol. The van der Waals surface area contributed by atoms with E-state index in [4.69, 9.17) is 28.9 Å². The summed E-state index contributed by atoms with van der Waals surface area (Å²) in [6.07, 6.45) is 1.97. The first kappa shape index (κ1) is 14.1. The molecule has 2 rings (SSSR count). The molecule has 1 aliphatic heterocycles. The predicted octanol–water partition coefficient (Wildman–Crippen LogP) is 3.25. The van der Waals surface area contributed by atoms with Gasteiger partial charge in [0.1, 0.15) is 4.34 Å². The Labute approximate surface area is 121 Å². The molecule has 1 saturated heterocycles. The van der Waals surface area contributed by atoms with Gasteiger partial charge in [-0.05, 0) is 24.8 Å². The van der Waals surface area contributed by atoms with Crippen molar-refractivity contribution in [3.63, 3.8) is 0 Å². The van der Waals surface area contributed by atoms with E-state index in [9.17, 15) is 4.79 Å². The van der Waals surface area contributed by atoms with Gasteiger partial charge < -0.3 is 10.6 Å². The summed E-state index contributed by atoms with van der Waals surface area (Å²) in [5.74, 6) is 0.564. The van der Waals surface area contributed by atoms with E-state index < -0.39 is 0 Å². The lowest BCUT2D eigenvalue weighted by molar-refractivity contribution is 0.0574. The first-order valence-electron chi connectivity index (χ1n) is 5.98. The van der Waals surface area contributed by atoms with Gasteiger partial charge in [-0.25, -0.2) is 0 Å². The molecule has 100 valence electrons. The van der Waals surface area contributed by atoms with Crippen LogP contribution in [0.15, 0.2) is 6.07 Å². The zero-order valence-corrected chi connectivity index (χ0v) is 12.5. The van der Waals surface area contributed by atoms with E-state index in [-0.39, 0.29) is 11.9 Å². The Morgan fingerprint density at radius 2 is 2.33 bits per heavy atom. The fourth-order valence-electron chi connectivity index (χ4n) is 2.38. The molecular formula is C12H16Cl2N2OS. The maximum absolute atomic E-state index is 12.4. The van der Waals surface area contributed by atoms with Crippen molar-refractivity contribution in [1.29, 1.82) is 0 Å². The fraction of sp³-hybridized carbons (Fsp3) is 0.583. The number of hydrogen-bond acceptors (Lipinski definition) is 3. The Morgan fingerprint density at radius 1 is 1.61 bits per heavy atom. The van der Waals surface area contributed by atoms with Crippen molar-refractivity contribution in [3.05, 3.63) is 20.3 Å². The lowest BCUT2D eigenvalue weighted by Crippen LogP contribution is -2.49. The molecule has 0 aliphatic carbocycles. The molecule has 0 radical (unpaired) electrons. The van der Waals surface area contributed by atoms with Gasteiger partial charge in [0.15, 0.2) is 0 Å². The highest BCUT2D eigenvalue weighted by Gasteiger charge is 2.31. The summed E-state index contributed by atoms with van der Waals surface area (Å²) in [5.41, 5.74) is 6.26. The largest absolute Gasteiger partial charge is 0.334 e. The number of nitrogens with zero attached hydrogens (tertiary/aromatic N) is 1. The van der Waals surface area contributed by atoms with Crippen LogP contribution in [0.1, 0.15) is 30.1 Å². The summed E-state index contributed by atoms with van der Waals surface area (Å²) < 4.78 is 0.998. The summed E-state index contributed by atoms with van der Waals surface area (Å²) in [4.78, 5) is 14.3. The van der Waals surface area contributed by atoms with Crippen LogP contribution in [-0.2, 0) is 0 Å². The quantitative estimate of drug-likeness (QED) is 0.911. The van der Waals surface area contributed by atoms with E-state index in [1.165, 1.54) is 11.3 Å². The van der Waals surface area contributed by atoms with Gasteiger partial charge in [0.25, 0.3) is 5.91 Å². The Kier molecular flexibility index (Phi) is 4.54. The fourth-order valence-corrected chi connectivity index (χ4v) is 3.83. The number of carbonyl (C=O) groups excluding carboxylic acids is 1. The second-order valence-electron chi connectivity index (χ2n) is 4.76. The van der Waals surface area contributed by atoms with E-state index in [2.05, 4.69) is 6.92 Å². The van der Waals surface area contributed by atoms with Crippen LogP contribution in [0.5, 0.6) is 0 Å². The first-order chi connectivity index (χ1) is 8.52.